The lowest BCUT2D eigenvalue weighted by molar-refractivity contribution is -0.385. The summed E-state index contributed by atoms with van der Waals surface area (Å²) in [5.74, 6) is -0.379. The van der Waals surface area contributed by atoms with Crippen molar-refractivity contribution in [2.75, 3.05) is 31.1 Å². The molecule has 1 fully saturated rings. The molecule has 2 aromatic rings. The van der Waals surface area contributed by atoms with Crippen LogP contribution in [0.2, 0.25) is 5.02 Å². The van der Waals surface area contributed by atoms with Gasteiger partial charge in [0.15, 0.2) is 0 Å². The van der Waals surface area contributed by atoms with Crippen molar-refractivity contribution in [1.29, 1.82) is 0 Å². The molecule has 138 valence electrons. The summed E-state index contributed by atoms with van der Waals surface area (Å²) >= 11 is 6.20. The molecule has 0 unspecified atom stereocenters. The molecule has 1 aliphatic rings. The second-order valence-corrected chi connectivity index (χ2v) is 8.36. The molecule has 1 saturated heterocycles. The van der Waals surface area contributed by atoms with Crippen LogP contribution in [0.25, 0.3) is 0 Å². The fourth-order valence-corrected chi connectivity index (χ4v) is 4.81. The summed E-state index contributed by atoms with van der Waals surface area (Å²) in [4.78, 5) is 12.6. The van der Waals surface area contributed by atoms with Gasteiger partial charge in [0.2, 0.25) is 10.0 Å². The lowest BCUT2D eigenvalue weighted by Crippen LogP contribution is -2.49. The standard InChI is InChI=1S/C17H18ClN3O4S/c18-15-6-2-4-8-17(15)19-9-11-20(12-10-19)26(24,25)13-14-5-1-3-7-16(14)21(22)23/h1-8H,9-13H2. The maximum Gasteiger partial charge on any atom is 0.273 e. The second-order valence-electron chi connectivity index (χ2n) is 5.98. The Morgan fingerprint density at radius 3 is 2.27 bits per heavy atom. The molecule has 2 aromatic carbocycles. The van der Waals surface area contributed by atoms with Crippen LogP contribution in [-0.4, -0.2) is 43.8 Å². The van der Waals surface area contributed by atoms with Gasteiger partial charge in [0, 0.05) is 37.8 Å². The smallest absolute Gasteiger partial charge is 0.273 e. The normalized spacial score (nSPS) is 15.8. The third-order valence-corrected chi connectivity index (χ3v) is 6.50. The number of benzene rings is 2. The predicted octanol–water partition coefficient (Wildman–Crippen LogP) is 2.90. The van der Waals surface area contributed by atoms with E-state index in [1.165, 1.54) is 22.5 Å². The first kappa shape index (κ1) is 18.6. The Morgan fingerprint density at radius 2 is 1.62 bits per heavy atom. The number of para-hydroxylation sites is 2. The van der Waals surface area contributed by atoms with Crippen molar-refractivity contribution >= 4 is 33.0 Å². The van der Waals surface area contributed by atoms with Gasteiger partial charge < -0.3 is 4.90 Å². The van der Waals surface area contributed by atoms with Crippen molar-refractivity contribution in [2.24, 2.45) is 0 Å². The molecule has 3 rings (SSSR count). The summed E-state index contributed by atoms with van der Waals surface area (Å²) in [6.45, 7) is 1.65. The minimum atomic E-state index is -3.64. The van der Waals surface area contributed by atoms with Gasteiger partial charge in [0.25, 0.3) is 5.69 Å². The van der Waals surface area contributed by atoms with Crippen molar-refractivity contribution in [3.8, 4) is 0 Å². The quantitative estimate of drug-likeness (QED) is 0.574. The lowest BCUT2D eigenvalue weighted by Gasteiger charge is -2.35. The van der Waals surface area contributed by atoms with E-state index < -0.39 is 14.9 Å². The number of nitro groups is 1. The van der Waals surface area contributed by atoms with Gasteiger partial charge in [-0.3, -0.25) is 10.1 Å². The Hall–Kier alpha value is -2.16. The number of hydrogen-bond acceptors (Lipinski definition) is 5. The number of nitro benzene ring substituents is 1. The SMILES string of the molecule is O=[N+]([O-])c1ccccc1CS(=O)(=O)N1CCN(c2ccccc2Cl)CC1. The van der Waals surface area contributed by atoms with Crippen LogP contribution in [0.15, 0.2) is 48.5 Å². The highest BCUT2D eigenvalue weighted by atomic mass is 35.5. The Labute approximate surface area is 157 Å². The molecule has 0 aliphatic carbocycles. The monoisotopic (exact) mass is 395 g/mol. The summed E-state index contributed by atoms with van der Waals surface area (Å²) in [5.41, 5.74) is 0.904. The number of hydrogen-bond donors (Lipinski definition) is 0. The topological polar surface area (TPSA) is 83.8 Å². The van der Waals surface area contributed by atoms with E-state index in [1.807, 2.05) is 23.1 Å². The molecule has 0 spiro atoms. The van der Waals surface area contributed by atoms with Gasteiger partial charge in [-0.2, -0.15) is 4.31 Å². The van der Waals surface area contributed by atoms with Gasteiger partial charge in [0.05, 0.1) is 21.4 Å². The van der Waals surface area contributed by atoms with Crippen molar-refractivity contribution in [3.05, 3.63) is 69.2 Å². The molecule has 0 radical (unpaired) electrons. The number of halogens is 1. The van der Waals surface area contributed by atoms with Crippen LogP contribution in [0, 0.1) is 10.1 Å². The van der Waals surface area contributed by atoms with Crippen LogP contribution in [-0.2, 0) is 15.8 Å². The van der Waals surface area contributed by atoms with E-state index in [-0.39, 0.29) is 17.0 Å². The average molecular weight is 396 g/mol. The fraction of sp³-hybridized carbons (Fsp3) is 0.294. The minimum absolute atomic E-state index is 0.175. The molecular weight excluding hydrogens is 378 g/mol. The molecule has 1 heterocycles. The molecule has 0 saturated carbocycles. The highest BCUT2D eigenvalue weighted by Crippen LogP contribution is 2.27. The molecule has 1 aliphatic heterocycles. The molecular formula is C17H18ClN3O4S. The summed E-state index contributed by atoms with van der Waals surface area (Å²) in [5, 5.41) is 11.7. The minimum Gasteiger partial charge on any atom is -0.368 e. The largest absolute Gasteiger partial charge is 0.368 e. The highest BCUT2D eigenvalue weighted by Gasteiger charge is 2.29. The van der Waals surface area contributed by atoms with Crippen LogP contribution in [0.1, 0.15) is 5.56 Å². The van der Waals surface area contributed by atoms with Crippen molar-refractivity contribution in [1.82, 2.24) is 4.31 Å². The Balaban J connectivity index is 1.71. The number of nitrogens with zero attached hydrogens (tertiary/aromatic N) is 3. The van der Waals surface area contributed by atoms with Crippen molar-refractivity contribution < 1.29 is 13.3 Å². The zero-order valence-electron chi connectivity index (χ0n) is 13.9. The van der Waals surface area contributed by atoms with E-state index in [4.69, 9.17) is 11.6 Å². The van der Waals surface area contributed by atoms with E-state index >= 15 is 0 Å². The van der Waals surface area contributed by atoms with E-state index in [9.17, 15) is 18.5 Å². The van der Waals surface area contributed by atoms with Crippen LogP contribution in [0.3, 0.4) is 0 Å². The van der Waals surface area contributed by atoms with E-state index in [1.54, 1.807) is 12.1 Å². The number of anilines is 1. The highest BCUT2D eigenvalue weighted by molar-refractivity contribution is 7.88. The average Bonchev–Trinajstić information content (AvgIpc) is 2.62. The summed E-state index contributed by atoms with van der Waals surface area (Å²) in [6, 6.07) is 13.4. The fourth-order valence-electron chi connectivity index (χ4n) is 3.01. The first-order valence-electron chi connectivity index (χ1n) is 8.08. The molecule has 0 aromatic heterocycles. The Kier molecular flexibility index (Phi) is 5.45. The van der Waals surface area contributed by atoms with E-state index in [0.29, 0.717) is 31.2 Å². The molecule has 0 atom stereocenters. The van der Waals surface area contributed by atoms with Crippen LogP contribution < -0.4 is 4.90 Å². The van der Waals surface area contributed by atoms with E-state index in [0.717, 1.165) is 5.69 Å². The number of rotatable bonds is 5. The maximum absolute atomic E-state index is 12.7. The van der Waals surface area contributed by atoms with Crippen molar-refractivity contribution in [3.63, 3.8) is 0 Å². The first-order valence-corrected chi connectivity index (χ1v) is 10.1. The Morgan fingerprint density at radius 1 is 1.00 bits per heavy atom. The molecule has 0 N–H and O–H groups in total. The Bertz CT molecular complexity index is 912. The van der Waals surface area contributed by atoms with Gasteiger partial charge in [-0.05, 0) is 12.1 Å². The molecule has 9 heteroatoms. The zero-order valence-corrected chi connectivity index (χ0v) is 15.5. The first-order chi connectivity index (χ1) is 12.4. The third-order valence-electron chi connectivity index (χ3n) is 4.35. The maximum atomic E-state index is 12.7. The third kappa shape index (κ3) is 3.98. The van der Waals surface area contributed by atoms with Gasteiger partial charge in [-0.15, -0.1) is 0 Å². The van der Waals surface area contributed by atoms with Gasteiger partial charge in [-0.25, -0.2) is 8.42 Å². The zero-order chi connectivity index (χ0) is 18.7. The molecule has 7 nitrogen and oxygen atoms in total. The molecule has 26 heavy (non-hydrogen) atoms. The van der Waals surface area contributed by atoms with Gasteiger partial charge in [0.1, 0.15) is 0 Å². The van der Waals surface area contributed by atoms with Crippen LogP contribution >= 0.6 is 11.6 Å². The van der Waals surface area contributed by atoms with Crippen molar-refractivity contribution in [2.45, 2.75) is 5.75 Å². The lowest BCUT2D eigenvalue weighted by atomic mass is 10.2. The van der Waals surface area contributed by atoms with E-state index in [2.05, 4.69) is 0 Å². The van der Waals surface area contributed by atoms with Crippen LogP contribution in [0.5, 0.6) is 0 Å². The van der Waals surface area contributed by atoms with Gasteiger partial charge >= 0.3 is 0 Å². The molecule has 0 amide bonds. The summed E-state index contributed by atoms with van der Waals surface area (Å²) < 4.78 is 26.8. The van der Waals surface area contributed by atoms with Crippen LogP contribution in [0.4, 0.5) is 11.4 Å². The molecule has 0 bridgehead atoms. The number of sulfonamides is 1. The van der Waals surface area contributed by atoms with Gasteiger partial charge in [-0.1, -0.05) is 41.9 Å². The second kappa shape index (κ2) is 7.61. The summed E-state index contributed by atoms with van der Waals surface area (Å²) in [7, 11) is -3.64. The number of piperazine rings is 1. The predicted molar refractivity (Wildman–Crippen MR) is 101 cm³/mol. The summed E-state index contributed by atoms with van der Waals surface area (Å²) in [6.07, 6.45) is 0.